The van der Waals surface area contributed by atoms with Gasteiger partial charge in [0.1, 0.15) is 12.4 Å². The molecule has 0 saturated heterocycles. The van der Waals surface area contributed by atoms with Crippen LogP contribution in [0.25, 0.3) is 0 Å². The summed E-state index contributed by atoms with van der Waals surface area (Å²) >= 11 is 9.67. The maximum Gasteiger partial charge on any atom is 0.175 e. The number of Topliss-reactive ketones (excluding diaryl/α,β-unsaturated/α-hetero) is 1. The van der Waals surface area contributed by atoms with Crippen molar-refractivity contribution in [1.82, 2.24) is 4.90 Å². The maximum absolute atomic E-state index is 13.7. The zero-order chi connectivity index (χ0) is 28.3. The first-order valence-corrected chi connectivity index (χ1v) is 14.0. The van der Waals surface area contributed by atoms with Gasteiger partial charge in [-0.25, -0.2) is 0 Å². The normalized spacial score (nSPS) is 18.6. The largest absolute Gasteiger partial charge is 0.490 e. The van der Waals surface area contributed by atoms with Crippen LogP contribution in [-0.2, 0) is 16.1 Å². The minimum Gasteiger partial charge on any atom is -0.490 e. The lowest BCUT2D eigenvalue weighted by atomic mass is 9.68. The van der Waals surface area contributed by atoms with E-state index < -0.39 is 5.92 Å². The molecule has 2 N–H and O–H groups in total. The molecule has 0 unspecified atom stereocenters. The van der Waals surface area contributed by atoms with Crippen LogP contribution in [0.1, 0.15) is 50.7 Å². The Kier molecular flexibility index (Phi) is 8.95. The minimum absolute atomic E-state index is 0.0195. The van der Waals surface area contributed by atoms with Gasteiger partial charge in [0.05, 0.1) is 35.2 Å². The highest BCUT2D eigenvalue weighted by Crippen LogP contribution is 2.50. The number of allylic oxidation sites excluding steroid dienone is 3. The number of ketones is 1. The molecule has 2 aromatic rings. The first-order chi connectivity index (χ1) is 18.6. The second kappa shape index (κ2) is 12.0. The van der Waals surface area contributed by atoms with Gasteiger partial charge in [-0.1, -0.05) is 37.6 Å². The summed E-state index contributed by atoms with van der Waals surface area (Å²) < 4.78 is 18.1. The number of carbonyl (C=O) groups is 1. The monoisotopic (exact) mass is 613 g/mol. The number of rotatable bonds is 9. The Morgan fingerprint density at radius 1 is 1.21 bits per heavy atom. The van der Waals surface area contributed by atoms with Crippen molar-refractivity contribution in [2.75, 3.05) is 26.9 Å². The lowest BCUT2D eigenvalue weighted by Crippen LogP contribution is -2.43. The van der Waals surface area contributed by atoms with Gasteiger partial charge in [-0.2, -0.15) is 5.26 Å². The molecule has 7 nitrogen and oxygen atoms in total. The molecule has 1 aliphatic heterocycles. The van der Waals surface area contributed by atoms with Crippen LogP contribution in [0.4, 0.5) is 0 Å². The summed E-state index contributed by atoms with van der Waals surface area (Å²) in [4.78, 5) is 15.6. The Morgan fingerprint density at radius 3 is 2.56 bits per heavy atom. The summed E-state index contributed by atoms with van der Waals surface area (Å²) in [6.45, 7) is 7.63. The fraction of sp³-hybridized carbons (Fsp3) is 0.400. The van der Waals surface area contributed by atoms with Crippen molar-refractivity contribution in [3.8, 4) is 17.6 Å². The molecule has 0 saturated carbocycles. The molecule has 0 amide bonds. The molecule has 1 heterocycles. The van der Waals surface area contributed by atoms with Gasteiger partial charge in [0, 0.05) is 36.4 Å². The lowest BCUT2D eigenvalue weighted by molar-refractivity contribution is -0.118. The summed E-state index contributed by atoms with van der Waals surface area (Å²) in [6, 6.07) is 13.5. The summed E-state index contributed by atoms with van der Waals surface area (Å²) in [7, 11) is 1.62. The number of methoxy groups -OCH3 is 1. The molecule has 206 valence electrons. The van der Waals surface area contributed by atoms with Gasteiger partial charge < -0.3 is 24.8 Å². The number of hydrogen-bond donors (Lipinski definition) is 1. The number of nitriles is 1. The van der Waals surface area contributed by atoms with Crippen molar-refractivity contribution in [3.63, 3.8) is 0 Å². The van der Waals surface area contributed by atoms with Gasteiger partial charge in [0.25, 0.3) is 0 Å². The Morgan fingerprint density at radius 2 is 1.92 bits per heavy atom. The second-order valence-corrected chi connectivity index (χ2v) is 11.8. The molecule has 2 aliphatic rings. The van der Waals surface area contributed by atoms with Gasteiger partial charge >= 0.3 is 0 Å². The Labute approximate surface area is 243 Å². The van der Waals surface area contributed by atoms with Gasteiger partial charge in [-0.3, -0.25) is 4.79 Å². The van der Waals surface area contributed by atoms with Crippen LogP contribution in [0.15, 0.2) is 63.5 Å². The SMILES string of the molecule is CCOc1cc([C@H]2C(C#N)=C(N)N(CCOC)C3=C2C(=O)CC(C)(C)C3)cc(Br)c1OCc1ccc(Cl)cc1. The van der Waals surface area contributed by atoms with E-state index in [9.17, 15) is 10.1 Å². The number of carbonyl (C=O) groups excluding carboxylic acids is 1. The highest BCUT2D eigenvalue weighted by molar-refractivity contribution is 9.10. The van der Waals surface area contributed by atoms with E-state index in [0.717, 1.165) is 16.8 Å². The molecule has 1 atom stereocenters. The molecular formula is C30H33BrClN3O4. The molecular weight excluding hydrogens is 582 g/mol. The van der Waals surface area contributed by atoms with Crippen molar-refractivity contribution in [2.24, 2.45) is 11.1 Å². The first-order valence-electron chi connectivity index (χ1n) is 12.9. The zero-order valence-electron chi connectivity index (χ0n) is 22.6. The van der Waals surface area contributed by atoms with Gasteiger partial charge in [0.2, 0.25) is 0 Å². The second-order valence-electron chi connectivity index (χ2n) is 10.5. The number of halogens is 2. The average Bonchev–Trinajstić information content (AvgIpc) is 2.87. The van der Waals surface area contributed by atoms with Gasteiger partial charge in [-0.05, 0) is 70.1 Å². The number of ether oxygens (including phenoxy) is 3. The van der Waals surface area contributed by atoms with Crippen LogP contribution >= 0.6 is 27.5 Å². The van der Waals surface area contributed by atoms with Crippen molar-refractivity contribution < 1.29 is 19.0 Å². The summed E-state index contributed by atoms with van der Waals surface area (Å²) in [6.07, 6.45) is 1.05. The zero-order valence-corrected chi connectivity index (χ0v) is 25.0. The van der Waals surface area contributed by atoms with Crippen molar-refractivity contribution in [2.45, 2.75) is 46.1 Å². The fourth-order valence-corrected chi connectivity index (χ4v) is 5.94. The molecule has 4 rings (SSSR count). The van der Waals surface area contributed by atoms with Crippen LogP contribution in [0.2, 0.25) is 5.02 Å². The van der Waals surface area contributed by atoms with E-state index in [0.29, 0.717) is 77.2 Å². The standard InChI is InChI=1S/C30H33BrClN3O4/c1-5-38-25-13-19(12-22(31)28(25)39-17-18-6-8-20(32)9-7-18)26-21(16-33)29(34)35(10-11-37-4)23-14-30(2,3)15-24(36)27(23)26/h6-9,12-13,26H,5,10-11,14-15,17,34H2,1-4H3/t26-/m0/s1. The van der Waals surface area contributed by atoms with Crippen LogP contribution < -0.4 is 15.2 Å². The highest BCUT2D eigenvalue weighted by atomic mass is 79.9. The third-order valence-corrected chi connectivity index (χ3v) is 7.81. The predicted octanol–water partition coefficient (Wildman–Crippen LogP) is 6.46. The molecule has 2 aromatic carbocycles. The average molecular weight is 615 g/mol. The molecule has 39 heavy (non-hydrogen) atoms. The van der Waals surface area contributed by atoms with Gasteiger partial charge in [0.15, 0.2) is 17.3 Å². The number of nitrogens with zero attached hydrogens (tertiary/aromatic N) is 2. The topological polar surface area (TPSA) is 97.8 Å². The lowest BCUT2D eigenvalue weighted by Gasteiger charge is -2.43. The van der Waals surface area contributed by atoms with Crippen LogP contribution in [0.3, 0.4) is 0 Å². The minimum atomic E-state index is -0.617. The van der Waals surface area contributed by atoms with Crippen LogP contribution in [0, 0.1) is 16.7 Å². The molecule has 0 bridgehead atoms. The maximum atomic E-state index is 13.7. The van der Waals surface area contributed by atoms with Crippen molar-refractivity contribution in [3.05, 3.63) is 79.7 Å². The van der Waals surface area contributed by atoms with E-state index in [1.807, 2.05) is 48.2 Å². The van der Waals surface area contributed by atoms with E-state index in [-0.39, 0.29) is 11.2 Å². The van der Waals surface area contributed by atoms with E-state index in [2.05, 4.69) is 35.8 Å². The molecule has 1 aliphatic carbocycles. The molecule has 0 fully saturated rings. The van der Waals surface area contributed by atoms with E-state index in [1.165, 1.54) is 0 Å². The number of nitrogens with two attached hydrogens (primary N) is 1. The molecule has 9 heteroatoms. The van der Waals surface area contributed by atoms with Gasteiger partial charge in [-0.15, -0.1) is 0 Å². The third kappa shape index (κ3) is 6.11. The van der Waals surface area contributed by atoms with E-state index in [1.54, 1.807) is 7.11 Å². The number of benzene rings is 2. The summed E-state index contributed by atoms with van der Waals surface area (Å²) in [5, 5.41) is 10.9. The molecule has 0 spiro atoms. The molecule has 0 radical (unpaired) electrons. The smallest absolute Gasteiger partial charge is 0.175 e. The van der Waals surface area contributed by atoms with E-state index in [4.69, 9.17) is 31.5 Å². The first kappa shape index (κ1) is 29.0. The van der Waals surface area contributed by atoms with Crippen molar-refractivity contribution in [1.29, 1.82) is 5.26 Å². The third-order valence-electron chi connectivity index (χ3n) is 6.97. The fourth-order valence-electron chi connectivity index (χ4n) is 5.24. The van der Waals surface area contributed by atoms with Crippen LogP contribution in [0.5, 0.6) is 11.5 Å². The Balaban J connectivity index is 1.81. The summed E-state index contributed by atoms with van der Waals surface area (Å²) in [5.41, 5.74) is 9.89. The summed E-state index contributed by atoms with van der Waals surface area (Å²) in [5.74, 6) is 0.799. The quantitative estimate of drug-likeness (QED) is 0.346. The van der Waals surface area contributed by atoms with Crippen LogP contribution in [-0.4, -0.2) is 37.6 Å². The highest BCUT2D eigenvalue weighted by Gasteiger charge is 2.44. The van der Waals surface area contributed by atoms with Crippen molar-refractivity contribution >= 4 is 33.3 Å². The van der Waals surface area contributed by atoms with E-state index >= 15 is 0 Å². The number of hydrogen-bond acceptors (Lipinski definition) is 7. The Bertz CT molecular complexity index is 1360. The molecule has 0 aromatic heterocycles. The predicted molar refractivity (Wildman–Crippen MR) is 154 cm³/mol. The Hall–Kier alpha value is -2.99.